The third-order valence-corrected chi connectivity index (χ3v) is 1.86. The zero-order valence-electron chi connectivity index (χ0n) is 7.48. The van der Waals surface area contributed by atoms with Crippen molar-refractivity contribution in [3.63, 3.8) is 0 Å². The van der Waals surface area contributed by atoms with E-state index in [1.165, 1.54) is 0 Å². The molecule has 0 saturated carbocycles. The van der Waals surface area contributed by atoms with Gasteiger partial charge < -0.3 is 5.11 Å². The van der Waals surface area contributed by atoms with Crippen LogP contribution in [-0.4, -0.2) is 31.2 Å². The Hall–Kier alpha value is -1.98. The van der Waals surface area contributed by atoms with Gasteiger partial charge in [-0.05, 0) is 6.92 Å². The van der Waals surface area contributed by atoms with Crippen molar-refractivity contribution in [3.05, 3.63) is 17.7 Å². The standard InChI is InChI=1S/C8H8N4O2/c1-4-5-3-9-6(2-7(13)14)10-8(5)12-11-4/h3H,2H2,1H3,(H,13,14)(H,9,10,11,12). The molecule has 0 radical (unpaired) electrons. The van der Waals surface area contributed by atoms with Crippen molar-refractivity contribution in [3.8, 4) is 0 Å². The van der Waals surface area contributed by atoms with Crippen LogP contribution in [0.2, 0.25) is 0 Å². The van der Waals surface area contributed by atoms with Gasteiger partial charge in [-0.25, -0.2) is 9.97 Å². The van der Waals surface area contributed by atoms with Gasteiger partial charge in [0.05, 0.1) is 5.39 Å². The lowest BCUT2D eigenvalue weighted by Crippen LogP contribution is -2.04. The fourth-order valence-corrected chi connectivity index (χ4v) is 1.18. The Morgan fingerprint density at radius 1 is 1.64 bits per heavy atom. The van der Waals surface area contributed by atoms with Crippen molar-refractivity contribution in [1.29, 1.82) is 0 Å². The average molecular weight is 192 g/mol. The minimum Gasteiger partial charge on any atom is -0.481 e. The monoisotopic (exact) mass is 192 g/mol. The number of nitrogens with zero attached hydrogens (tertiary/aromatic N) is 3. The molecule has 2 heterocycles. The molecule has 0 atom stereocenters. The lowest BCUT2D eigenvalue weighted by molar-refractivity contribution is -0.136. The summed E-state index contributed by atoms with van der Waals surface area (Å²) >= 11 is 0. The van der Waals surface area contributed by atoms with E-state index in [0.717, 1.165) is 11.1 Å². The molecular weight excluding hydrogens is 184 g/mol. The number of carboxylic acid groups (broad SMARTS) is 1. The van der Waals surface area contributed by atoms with Crippen molar-refractivity contribution < 1.29 is 9.90 Å². The predicted molar refractivity (Wildman–Crippen MR) is 47.8 cm³/mol. The van der Waals surface area contributed by atoms with Crippen molar-refractivity contribution in [2.45, 2.75) is 13.3 Å². The van der Waals surface area contributed by atoms with Crippen LogP contribution in [-0.2, 0) is 11.2 Å². The third kappa shape index (κ3) is 1.41. The number of H-pyrrole nitrogens is 1. The molecule has 0 fully saturated rings. The number of hydrogen-bond acceptors (Lipinski definition) is 4. The number of nitrogens with one attached hydrogen (secondary N) is 1. The van der Waals surface area contributed by atoms with E-state index in [9.17, 15) is 4.79 Å². The summed E-state index contributed by atoms with van der Waals surface area (Å²) in [6, 6.07) is 0. The summed E-state index contributed by atoms with van der Waals surface area (Å²) in [5.41, 5.74) is 1.38. The van der Waals surface area contributed by atoms with Crippen LogP contribution in [0.5, 0.6) is 0 Å². The Bertz CT molecular complexity index is 491. The summed E-state index contributed by atoms with van der Waals surface area (Å²) in [6.07, 6.45) is 1.40. The van der Waals surface area contributed by atoms with Crippen LogP contribution < -0.4 is 0 Å². The third-order valence-electron chi connectivity index (χ3n) is 1.86. The number of aromatic nitrogens is 4. The highest BCUT2D eigenvalue weighted by molar-refractivity contribution is 5.77. The van der Waals surface area contributed by atoms with Gasteiger partial charge in [0.25, 0.3) is 0 Å². The number of aliphatic carboxylic acids is 1. The Morgan fingerprint density at radius 2 is 2.43 bits per heavy atom. The quantitative estimate of drug-likeness (QED) is 0.713. The topological polar surface area (TPSA) is 91.8 Å². The molecular formula is C8H8N4O2. The molecule has 0 unspecified atom stereocenters. The Kier molecular flexibility index (Phi) is 1.88. The SMILES string of the molecule is Cc1[nH]nc2nc(CC(=O)O)ncc12. The van der Waals surface area contributed by atoms with Gasteiger partial charge in [-0.15, -0.1) is 0 Å². The van der Waals surface area contributed by atoms with E-state index in [1.54, 1.807) is 6.20 Å². The van der Waals surface area contributed by atoms with E-state index in [-0.39, 0.29) is 12.2 Å². The molecule has 2 aromatic heterocycles. The van der Waals surface area contributed by atoms with Crippen LogP contribution in [0.3, 0.4) is 0 Å². The van der Waals surface area contributed by atoms with Gasteiger partial charge in [0.1, 0.15) is 12.2 Å². The minimum atomic E-state index is -0.948. The highest BCUT2D eigenvalue weighted by atomic mass is 16.4. The van der Waals surface area contributed by atoms with Crippen molar-refractivity contribution in [2.24, 2.45) is 0 Å². The Balaban J connectivity index is 2.46. The molecule has 0 bridgehead atoms. The molecule has 6 heteroatoms. The van der Waals surface area contributed by atoms with Gasteiger partial charge in [0.2, 0.25) is 0 Å². The van der Waals surface area contributed by atoms with Crippen LogP contribution in [0, 0.1) is 6.92 Å². The predicted octanol–water partition coefficient (Wildman–Crippen LogP) is 0.288. The van der Waals surface area contributed by atoms with E-state index in [0.29, 0.717) is 5.65 Å². The largest absolute Gasteiger partial charge is 0.481 e. The number of carboxylic acids is 1. The molecule has 0 spiro atoms. The second-order valence-electron chi connectivity index (χ2n) is 2.94. The number of rotatable bonds is 2. The zero-order valence-corrected chi connectivity index (χ0v) is 7.48. The van der Waals surface area contributed by atoms with Crippen LogP contribution in [0.25, 0.3) is 11.0 Å². The van der Waals surface area contributed by atoms with Gasteiger partial charge >= 0.3 is 5.97 Å². The lowest BCUT2D eigenvalue weighted by atomic mass is 10.3. The molecule has 2 rings (SSSR count). The fraction of sp³-hybridized carbons (Fsp3) is 0.250. The summed E-state index contributed by atoms with van der Waals surface area (Å²) in [5, 5.41) is 16.0. The maximum absolute atomic E-state index is 10.4. The van der Waals surface area contributed by atoms with E-state index < -0.39 is 5.97 Å². The molecule has 0 aliphatic heterocycles. The van der Waals surface area contributed by atoms with Crippen LogP contribution >= 0.6 is 0 Å². The first kappa shape index (κ1) is 8.61. The highest BCUT2D eigenvalue weighted by Crippen LogP contribution is 2.11. The summed E-state index contributed by atoms with van der Waals surface area (Å²) in [5.74, 6) is -0.673. The first-order valence-electron chi connectivity index (χ1n) is 4.05. The second-order valence-corrected chi connectivity index (χ2v) is 2.94. The molecule has 0 aliphatic rings. The molecule has 14 heavy (non-hydrogen) atoms. The molecule has 6 nitrogen and oxygen atoms in total. The fourth-order valence-electron chi connectivity index (χ4n) is 1.18. The molecule has 2 N–H and O–H groups in total. The molecule has 2 aromatic rings. The molecule has 72 valence electrons. The zero-order chi connectivity index (χ0) is 10.1. The average Bonchev–Trinajstić information content (AvgIpc) is 2.46. The van der Waals surface area contributed by atoms with Crippen molar-refractivity contribution >= 4 is 17.0 Å². The van der Waals surface area contributed by atoms with E-state index in [2.05, 4.69) is 20.2 Å². The van der Waals surface area contributed by atoms with Crippen LogP contribution in [0.1, 0.15) is 11.5 Å². The van der Waals surface area contributed by atoms with Crippen LogP contribution in [0.15, 0.2) is 6.20 Å². The normalized spacial score (nSPS) is 10.6. The molecule has 0 saturated heterocycles. The van der Waals surface area contributed by atoms with E-state index in [1.807, 2.05) is 6.92 Å². The van der Waals surface area contributed by atoms with E-state index >= 15 is 0 Å². The maximum Gasteiger partial charge on any atom is 0.311 e. The van der Waals surface area contributed by atoms with Gasteiger partial charge in [-0.1, -0.05) is 0 Å². The first-order valence-corrected chi connectivity index (χ1v) is 4.05. The van der Waals surface area contributed by atoms with Crippen molar-refractivity contribution in [1.82, 2.24) is 20.2 Å². The summed E-state index contributed by atoms with van der Waals surface area (Å²) in [4.78, 5) is 18.3. The van der Waals surface area contributed by atoms with E-state index in [4.69, 9.17) is 5.11 Å². The van der Waals surface area contributed by atoms with Gasteiger partial charge in [0.15, 0.2) is 5.65 Å². The Labute approximate surface area is 79.0 Å². The first-order chi connectivity index (χ1) is 6.66. The molecule has 0 aliphatic carbocycles. The summed E-state index contributed by atoms with van der Waals surface area (Å²) < 4.78 is 0. The molecule has 0 amide bonds. The Morgan fingerprint density at radius 3 is 3.14 bits per heavy atom. The molecule has 0 aromatic carbocycles. The second kappa shape index (κ2) is 3.06. The lowest BCUT2D eigenvalue weighted by Gasteiger charge is -1.94. The van der Waals surface area contributed by atoms with Crippen molar-refractivity contribution in [2.75, 3.05) is 0 Å². The minimum absolute atomic E-state index is 0.179. The highest BCUT2D eigenvalue weighted by Gasteiger charge is 2.07. The van der Waals surface area contributed by atoms with Gasteiger partial charge in [-0.2, -0.15) is 5.10 Å². The number of aryl methyl sites for hydroxylation is 1. The number of carbonyl (C=O) groups is 1. The maximum atomic E-state index is 10.4. The number of hydrogen-bond donors (Lipinski definition) is 2. The number of fused-ring (bicyclic) bond motifs is 1. The van der Waals surface area contributed by atoms with Gasteiger partial charge in [0, 0.05) is 11.9 Å². The summed E-state index contributed by atoms with van der Waals surface area (Å²) in [7, 11) is 0. The van der Waals surface area contributed by atoms with Crippen LogP contribution in [0.4, 0.5) is 0 Å². The number of aromatic amines is 1. The smallest absolute Gasteiger partial charge is 0.311 e. The summed E-state index contributed by atoms with van der Waals surface area (Å²) in [6.45, 7) is 1.86. The van der Waals surface area contributed by atoms with Gasteiger partial charge in [-0.3, -0.25) is 9.89 Å².